The molecule has 18 heavy (non-hydrogen) atoms. The summed E-state index contributed by atoms with van der Waals surface area (Å²) < 4.78 is 27.6. The highest BCUT2D eigenvalue weighted by atomic mass is 32.2. The van der Waals surface area contributed by atoms with Gasteiger partial charge in [0.05, 0.1) is 11.5 Å². The lowest BCUT2D eigenvalue weighted by Gasteiger charge is -2.09. The Morgan fingerprint density at radius 2 is 2.28 bits per heavy atom. The molecule has 1 aromatic rings. The number of carbonyl (C=O) groups is 1. The van der Waals surface area contributed by atoms with Crippen molar-refractivity contribution in [2.24, 2.45) is 0 Å². The summed E-state index contributed by atoms with van der Waals surface area (Å²) >= 11 is 0. The zero-order valence-corrected chi connectivity index (χ0v) is 10.9. The predicted molar refractivity (Wildman–Crippen MR) is 62.6 cm³/mol. The topological polar surface area (TPSA) is 102 Å². The van der Waals surface area contributed by atoms with Crippen molar-refractivity contribution in [1.82, 2.24) is 15.5 Å². The lowest BCUT2D eigenvalue weighted by molar-refractivity contribution is -0.121. The molecule has 1 amide bonds. The van der Waals surface area contributed by atoms with Crippen molar-refractivity contribution in [3.63, 3.8) is 0 Å². The van der Waals surface area contributed by atoms with Gasteiger partial charge in [-0.05, 0) is 6.42 Å². The van der Waals surface area contributed by atoms with Gasteiger partial charge in [-0.1, -0.05) is 0 Å². The number of amides is 1. The Hall–Kier alpha value is -1.44. The Morgan fingerprint density at radius 3 is 2.83 bits per heavy atom. The minimum absolute atomic E-state index is 0.0401. The number of hydrogen-bond donors (Lipinski definition) is 1. The highest BCUT2D eigenvalue weighted by Crippen LogP contribution is 2.11. The molecule has 7 nitrogen and oxygen atoms in total. The van der Waals surface area contributed by atoms with Gasteiger partial charge in [0.2, 0.25) is 17.7 Å². The van der Waals surface area contributed by atoms with Gasteiger partial charge in [0.1, 0.15) is 0 Å². The zero-order chi connectivity index (χ0) is 13.2. The molecule has 2 rings (SSSR count). The van der Waals surface area contributed by atoms with Crippen LogP contribution >= 0.6 is 0 Å². The Morgan fingerprint density at radius 1 is 1.50 bits per heavy atom. The van der Waals surface area contributed by atoms with Gasteiger partial charge >= 0.3 is 0 Å². The SMILES string of the molecule is Cc1nnc(CCC(=O)NC2CCS(=O)(=O)C2)o1. The third kappa shape index (κ3) is 3.52. The van der Waals surface area contributed by atoms with Crippen molar-refractivity contribution in [2.75, 3.05) is 11.5 Å². The normalized spacial score (nSPS) is 21.9. The maximum Gasteiger partial charge on any atom is 0.220 e. The van der Waals surface area contributed by atoms with Crippen LogP contribution in [0.3, 0.4) is 0 Å². The molecule has 1 unspecified atom stereocenters. The minimum atomic E-state index is -2.96. The van der Waals surface area contributed by atoms with E-state index in [1.807, 2.05) is 0 Å². The first-order valence-corrected chi connectivity index (χ1v) is 7.55. The van der Waals surface area contributed by atoms with Gasteiger partial charge in [-0.15, -0.1) is 10.2 Å². The summed E-state index contributed by atoms with van der Waals surface area (Å²) in [6, 6.07) is -0.257. The standard InChI is InChI=1S/C10H15N3O4S/c1-7-12-13-10(17-7)3-2-9(14)11-8-4-5-18(15,16)6-8/h8H,2-6H2,1H3,(H,11,14). The number of aryl methyl sites for hydroxylation is 2. The summed E-state index contributed by atoms with van der Waals surface area (Å²) in [6.07, 6.45) is 1.08. The molecule has 0 saturated carbocycles. The number of sulfone groups is 1. The number of nitrogens with zero attached hydrogens (tertiary/aromatic N) is 2. The average molecular weight is 273 g/mol. The molecule has 1 aromatic heterocycles. The van der Waals surface area contributed by atoms with E-state index in [2.05, 4.69) is 15.5 Å². The number of carbonyl (C=O) groups excluding carboxylic acids is 1. The van der Waals surface area contributed by atoms with Gasteiger partial charge in [0.25, 0.3) is 0 Å². The molecular formula is C10H15N3O4S. The summed E-state index contributed by atoms with van der Waals surface area (Å²) in [6.45, 7) is 1.68. The first-order chi connectivity index (χ1) is 8.44. The van der Waals surface area contributed by atoms with Crippen LogP contribution < -0.4 is 5.32 Å². The molecule has 1 aliphatic heterocycles. The maximum atomic E-state index is 11.6. The largest absolute Gasteiger partial charge is 0.426 e. The molecular weight excluding hydrogens is 258 g/mol. The third-order valence-corrected chi connectivity index (χ3v) is 4.50. The quantitative estimate of drug-likeness (QED) is 0.801. The van der Waals surface area contributed by atoms with Crippen LogP contribution in [0.2, 0.25) is 0 Å². The van der Waals surface area contributed by atoms with Gasteiger partial charge in [-0.3, -0.25) is 4.79 Å². The summed E-state index contributed by atoms with van der Waals surface area (Å²) in [5.41, 5.74) is 0. The molecule has 0 aliphatic carbocycles. The van der Waals surface area contributed by atoms with Crippen LogP contribution in [0.4, 0.5) is 0 Å². The van der Waals surface area contributed by atoms with Crippen molar-refractivity contribution in [3.05, 3.63) is 11.8 Å². The van der Waals surface area contributed by atoms with Gasteiger partial charge in [-0.25, -0.2) is 8.42 Å². The van der Waals surface area contributed by atoms with Crippen LogP contribution in [0.5, 0.6) is 0 Å². The molecule has 8 heteroatoms. The van der Waals surface area contributed by atoms with Crippen molar-refractivity contribution >= 4 is 15.7 Å². The van der Waals surface area contributed by atoms with Gasteiger partial charge in [0.15, 0.2) is 9.84 Å². The second kappa shape index (κ2) is 5.05. The van der Waals surface area contributed by atoms with E-state index in [-0.39, 0.29) is 29.9 Å². The molecule has 0 bridgehead atoms. The molecule has 1 fully saturated rings. The average Bonchev–Trinajstić information content (AvgIpc) is 2.82. The van der Waals surface area contributed by atoms with Crippen LogP contribution in [-0.2, 0) is 21.1 Å². The Labute approximate surface area is 105 Å². The molecule has 1 atom stereocenters. The lowest BCUT2D eigenvalue weighted by Crippen LogP contribution is -2.35. The summed E-state index contributed by atoms with van der Waals surface area (Å²) in [7, 11) is -2.96. The monoisotopic (exact) mass is 273 g/mol. The van der Waals surface area contributed by atoms with E-state index >= 15 is 0 Å². The molecule has 1 saturated heterocycles. The van der Waals surface area contributed by atoms with Crippen molar-refractivity contribution < 1.29 is 17.6 Å². The Kier molecular flexibility index (Phi) is 3.65. The number of rotatable bonds is 4. The van der Waals surface area contributed by atoms with E-state index in [1.165, 1.54) is 0 Å². The van der Waals surface area contributed by atoms with E-state index < -0.39 is 9.84 Å². The van der Waals surface area contributed by atoms with Gasteiger partial charge < -0.3 is 9.73 Å². The van der Waals surface area contributed by atoms with E-state index in [0.717, 1.165) is 0 Å². The fourth-order valence-electron chi connectivity index (χ4n) is 1.87. The second-order valence-electron chi connectivity index (χ2n) is 4.38. The first kappa shape index (κ1) is 13.0. The molecule has 1 N–H and O–H groups in total. The van der Waals surface area contributed by atoms with Crippen molar-refractivity contribution in [1.29, 1.82) is 0 Å². The van der Waals surface area contributed by atoms with E-state index in [1.54, 1.807) is 6.92 Å². The Bertz CT molecular complexity index is 537. The first-order valence-electron chi connectivity index (χ1n) is 5.73. The smallest absolute Gasteiger partial charge is 0.220 e. The number of nitrogens with one attached hydrogen (secondary N) is 1. The molecule has 0 spiro atoms. The van der Waals surface area contributed by atoms with E-state index in [4.69, 9.17) is 4.42 Å². The Balaban J connectivity index is 1.76. The molecule has 0 aromatic carbocycles. The highest BCUT2D eigenvalue weighted by Gasteiger charge is 2.28. The fourth-order valence-corrected chi connectivity index (χ4v) is 3.54. The molecule has 100 valence electrons. The zero-order valence-electron chi connectivity index (χ0n) is 10.0. The van der Waals surface area contributed by atoms with Crippen LogP contribution in [0, 0.1) is 6.92 Å². The summed E-state index contributed by atoms with van der Waals surface area (Å²) in [4.78, 5) is 11.6. The molecule has 0 radical (unpaired) electrons. The number of hydrogen-bond acceptors (Lipinski definition) is 6. The van der Waals surface area contributed by atoms with Crippen LogP contribution in [0.1, 0.15) is 24.6 Å². The molecule has 2 heterocycles. The molecule has 1 aliphatic rings. The predicted octanol–water partition coefficient (Wildman–Crippen LogP) is -0.386. The maximum absolute atomic E-state index is 11.6. The van der Waals surface area contributed by atoms with Crippen molar-refractivity contribution in [3.8, 4) is 0 Å². The van der Waals surface area contributed by atoms with Crippen LogP contribution in [0.25, 0.3) is 0 Å². The van der Waals surface area contributed by atoms with Gasteiger partial charge in [0, 0.05) is 25.8 Å². The van der Waals surface area contributed by atoms with Gasteiger partial charge in [-0.2, -0.15) is 0 Å². The minimum Gasteiger partial charge on any atom is -0.426 e. The van der Waals surface area contributed by atoms with Crippen molar-refractivity contribution in [2.45, 2.75) is 32.2 Å². The number of aromatic nitrogens is 2. The van der Waals surface area contributed by atoms with E-state index in [9.17, 15) is 13.2 Å². The third-order valence-electron chi connectivity index (χ3n) is 2.73. The second-order valence-corrected chi connectivity index (χ2v) is 6.61. The highest BCUT2D eigenvalue weighted by molar-refractivity contribution is 7.91. The van der Waals surface area contributed by atoms with Crippen LogP contribution in [-0.4, -0.2) is 42.1 Å². The van der Waals surface area contributed by atoms with E-state index in [0.29, 0.717) is 24.6 Å². The fraction of sp³-hybridized carbons (Fsp3) is 0.700. The lowest BCUT2D eigenvalue weighted by atomic mass is 10.2. The van der Waals surface area contributed by atoms with Crippen LogP contribution in [0.15, 0.2) is 4.42 Å². The summed E-state index contributed by atoms with van der Waals surface area (Å²) in [5.74, 6) is 0.890. The summed E-state index contributed by atoms with van der Waals surface area (Å²) in [5, 5.41) is 10.1.